The molecule has 8 nitrogen and oxygen atoms in total. The van der Waals surface area contributed by atoms with Crippen LogP contribution in [0.3, 0.4) is 0 Å². The third-order valence-electron chi connectivity index (χ3n) is 3.78. The van der Waals surface area contributed by atoms with Crippen LogP contribution >= 0.6 is 0 Å². The lowest BCUT2D eigenvalue weighted by Crippen LogP contribution is -2.19. The zero-order valence-corrected chi connectivity index (χ0v) is 14.3. The number of aryl methyl sites for hydroxylation is 1. The van der Waals surface area contributed by atoms with Crippen LogP contribution in [0.25, 0.3) is 22.3 Å². The molecule has 1 amide bonds. The summed E-state index contributed by atoms with van der Waals surface area (Å²) in [5.41, 5.74) is 9.72. The molecule has 0 unspecified atom stereocenters. The van der Waals surface area contributed by atoms with Crippen molar-refractivity contribution in [3.05, 3.63) is 30.2 Å². The third-order valence-corrected chi connectivity index (χ3v) is 3.78. The molecular formula is C16H18BN7O. The van der Waals surface area contributed by atoms with Crippen LogP contribution in [-0.4, -0.2) is 40.5 Å². The van der Waals surface area contributed by atoms with E-state index in [1.54, 1.807) is 13.4 Å². The Morgan fingerprint density at radius 1 is 1.40 bits per heavy atom. The zero-order chi connectivity index (χ0) is 18.1. The number of amides is 1. The summed E-state index contributed by atoms with van der Waals surface area (Å²) in [4.78, 5) is 25.9. The van der Waals surface area contributed by atoms with Gasteiger partial charge in [-0.05, 0) is 19.2 Å². The molecule has 0 aliphatic rings. The Bertz CT molecular complexity index is 951. The van der Waals surface area contributed by atoms with Crippen molar-refractivity contribution in [3.63, 3.8) is 0 Å². The van der Waals surface area contributed by atoms with Crippen LogP contribution in [0.5, 0.6) is 0 Å². The second-order valence-electron chi connectivity index (χ2n) is 5.78. The number of nitrogens with two attached hydrogens (primary N) is 1. The molecule has 0 aliphatic carbocycles. The summed E-state index contributed by atoms with van der Waals surface area (Å²) in [6.45, 7) is 1.81. The number of fused-ring (bicyclic) bond motifs is 1. The maximum atomic E-state index is 11.1. The molecule has 126 valence electrons. The Morgan fingerprint density at radius 2 is 2.16 bits per heavy atom. The standard InChI is InChI=1S/C16H18BN7O/c1-9(25)19-7-10-5-4-6-11(21-10)12-14-13(20-8-23(14)2)16(24(3)17)22-15(12)18/h4-6,8H,7H2,1-3H3,(H2,18,22)(H,19,25). The molecule has 2 radical (unpaired) electrons. The highest BCUT2D eigenvalue weighted by atomic mass is 16.1. The molecule has 0 aromatic carbocycles. The van der Waals surface area contributed by atoms with Gasteiger partial charge in [-0.2, -0.15) is 0 Å². The summed E-state index contributed by atoms with van der Waals surface area (Å²) in [5, 5.41) is 2.73. The summed E-state index contributed by atoms with van der Waals surface area (Å²) < 4.78 is 1.86. The number of carbonyl (C=O) groups excluding carboxylic acids is 1. The van der Waals surface area contributed by atoms with Gasteiger partial charge < -0.3 is 20.4 Å². The molecule has 9 heteroatoms. The number of imidazole rings is 1. The first-order valence-corrected chi connectivity index (χ1v) is 7.68. The average molecular weight is 335 g/mol. The van der Waals surface area contributed by atoms with E-state index in [9.17, 15) is 4.79 Å². The van der Waals surface area contributed by atoms with Crippen molar-refractivity contribution in [2.45, 2.75) is 13.5 Å². The van der Waals surface area contributed by atoms with Crippen LogP contribution < -0.4 is 15.9 Å². The van der Waals surface area contributed by atoms with Gasteiger partial charge in [0, 0.05) is 14.0 Å². The largest absolute Gasteiger partial charge is 0.411 e. The van der Waals surface area contributed by atoms with E-state index in [0.29, 0.717) is 35.0 Å². The molecule has 3 aromatic rings. The Balaban J connectivity index is 2.18. The van der Waals surface area contributed by atoms with Gasteiger partial charge in [0.2, 0.25) is 13.9 Å². The van der Waals surface area contributed by atoms with E-state index in [0.717, 1.165) is 11.2 Å². The van der Waals surface area contributed by atoms with Crippen molar-refractivity contribution >= 4 is 36.6 Å². The lowest BCUT2D eigenvalue weighted by molar-refractivity contribution is -0.119. The Hall–Kier alpha value is -3.10. The Kier molecular flexibility index (Phi) is 4.31. The van der Waals surface area contributed by atoms with Crippen LogP contribution in [-0.2, 0) is 18.4 Å². The fourth-order valence-electron chi connectivity index (χ4n) is 2.66. The van der Waals surface area contributed by atoms with Crippen LogP contribution in [0.2, 0.25) is 0 Å². The van der Waals surface area contributed by atoms with Crippen molar-refractivity contribution in [2.75, 3.05) is 17.6 Å². The molecule has 0 aliphatic heterocycles. The predicted molar refractivity (Wildman–Crippen MR) is 97.8 cm³/mol. The van der Waals surface area contributed by atoms with Crippen molar-refractivity contribution in [1.82, 2.24) is 24.8 Å². The number of hydrogen-bond donors (Lipinski definition) is 2. The Labute approximate surface area is 146 Å². The van der Waals surface area contributed by atoms with E-state index in [1.165, 1.54) is 11.7 Å². The maximum Gasteiger partial charge on any atom is 0.228 e. The molecular weight excluding hydrogens is 317 g/mol. The SMILES string of the molecule is [B]N(C)c1nc(N)c(-c2cccc(CNC(C)=O)n2)c2c1ncn2C. The lowest BCUT2D eigenvalue weighted by Gasteiger charge is -2.16. The van der Waals surface area contributed by atoms with Crippen molar-refractivity contribution in [3.8, 4) is 11.3 Å². The Morgan fingerprint density at radius 3 is 2.84 bits per heavy atom. The molecule has 0 atom stereocenters. The minimum atomic E-state index is -0.113. The average Bonchev–Trinajstić information content (AvgIpc) is 2.94. The number of nitrogens with zero attached hydrogens (tertiary/aromatic N) is 5. The fourth-order valence-corrected chi connectivity index (χ4v) is 2.66. The first-order chi connectivity index (χ1) is 11.9. The smallest absolute Gasteiger partial charge is 0.228 e. The van der Waals surface area contributed by atoms with Gasteiger partial charge in [-0.25, -0.2) is 9.97 Å². The molecule has 3 rings (SSSR count). The topological polar surface area (TPSA) is 102 Å². The lowest BCUT2D eigenvalue weighted by atomic mass is 10.1. The molecule has 0 saturated heterocycles. The van der Waals surface area contributed by atoms with E-state index >= 15 is 0 Å². The van der Waals surface area contributed by atoms with Crippen molar-refractivity contribution < 1.29 is 4.79 Å². The van der Waals surface area contributed by atoms with Gasteiger partial charge >= 0.3 is 0 Å². The highest BCUT2D eigenvalue weighted by molar-refractivity contribution is 6.20. The van der Waals surface area contributed by atoms with Gasteiger partial charge in [-0.1, -0.05) is 6.07 Å². The molecule has 0 spiro atoms. The van der Waals surface area contributed by atoms with Gasteiger partial charge in [0.15, 0.2) is 0 Å². The number of nitrogen functional groups attached to an aromatic ring is 1. The fraction of sp³-hybridized carbons (Fsp3) is 0.250. The highest BCUT2D eigenvalue weighted by Crippen LogP contribution is 2.35. The summed E-state index contributed by atoms with van der Waals surface area (Å²) in [6.07, 6.45) is 1.68. The summed E-state index contributed by atoms with van der Waals surface area (Å²) >= 11 is 0. The highest BCUT2D eigenvalue weighted by Gasteiger charge is 2.19. The molecule has 0 bridgehead atoms. The van der Waals surface area contributed by atoms with E-state index in [4.69, 9.17) is 13.7 Å². The first-order valence-electron chi connectivity index (χ1n) is 7.68. The number of pyridine rings is 2. The first kappa shape index (κ1) is 16.8. The van der Waals surface area contributed by atoms with Crippen LogP contribution in [0.15, 0.2) is 24.5 Å². The number of hydrogen-bond acceptors (Lipinski definition) is 6. The van der Waals surface area contributed by atoms with Crippen molar-refractivity contribution in [2.24, 2.45) is 7.05 Å². The number of aromatic nitrogens is 4. The van der Waals surface area contributed by atoms with E-state index in [1.807, 2.05) is 29.8 Å². The molecule has 3 heterocycles. The molecule has 0 saturated carbocycles. The number of carbonyl (C=O) groups is 1. The molecule has 3 aromatic heterocycles. The van der Waals surface area contributed by atoms with Gasteiger partial charge in [-0.3, -0.25) is 9.78 Å². The quantitative estimate of drug-likeness (QED) is 0.683. The minimum absolute atomic E-state index is 0.113. The summed E-state index contributed by atoms with van der Waals surface area (Å²) in [7, 11) is 9.41. The van der Waals surface area contributed by atoms with E-state index in [-0.39, 0.29) is 5.91 Å². The van der Waals surface area contributed by atoms with Crippen molar-refractivity contribution in [1.29, 1.82) is 0 Å². The van der Waals surface area contributed by atoms with E-state index in [2.05, 4.69) is 20.3 Å². The van der Waals surface area contributed by atoms with Gasteiger partial charge in [0.1, 0.15) is 17.2 Å². The molecule has 0 fully saturated rings. The number of anilines is 2. The van der Waals surface area contributed by atoms with Gasteiger partial charge in [0.25, 0.3) is 0 Å². The number of rotatable bonds is 4. The summed E-state index contributed by atoms with van der Waals surface area (Å²) in [5.74, 6) is 0.691. The second kappa shape index (κ2) is 6.42. The maximum absolute atomic E-state index is 11.1. The zero-order valence-electron chi connectivity index (χ0n) is 14.3. The minimum Gasteiger partial charge on any atom is -0.411 e. The second-order valence-corrected chi connectivity index (χ2v) is 5.78. The predicted octanol–water partition coefficient (Wildman–Crippen LogP) is 0.768. The van der Waals surface area contributed by atoms with Crippen LogP contribution in [0.1, 0.15) is 12.6 Å². The molecule has 3 N–H and O–H groups in total. The van der Waals surface area contributed by atoms with Gasteiger partial charge in [0.05, 0.1) is 35.3 Å². The van der Waals surface area contributed by atoms with Gasteiger partial charge in [-0.15, -0.1) is 0 Å². The van der Waals surface area contributed by atoms with Crippen LogP contribution in [0.4, 0.5) is 11.6 Å². The van der Waals surface area contributed by atoms with E-state index < -0.39 is 0 Å². The number of nitrogens with one attached hydrogen (secondary N) is 1. The monoisotopic (exact) mass is 335 g/mol. The summed E-state index contributed by atoms with van der Waals surface area (Å²) in [6, 6.07) is 5.55. The normalized spacial score (nSPS) is 10.8. The third kappa shape index (κ3) is 3.12. The molecule has 25 heavy (non-hydrogen) atoms. The van der Waals surface area contributed by atoms with Crippen LogP contribution in [0, 0.1) is 0 Å².